The molecule has 0 bridgehead atoms. The SMILES string of the molecule is c1ccc(-c2ccc(-c3ccccc3N(c3cccc(-c4ccccc4)c3)c3cccc(-c4ccccc4)c3-c3ccccc3-c3ccccc3)cc2)cc1. The Hall–Kier alpha value is -7.22. The van der Waals surface area contributed by atoms with Crippen molar-refractivity contribution in [3.8, 4) is 66.8 Å². The van der Waals surface area contributed by atoms with Gasteiger partial charge in [-0.05, 0) is 79.9 Å². The topological polar surface area (TPSA) is 3.24 Å². The lowest BCUT2D eigenvalue weighted by Gasteiger charge is -2.32. The molecule has 1 nitrogen and oxygen atoms in total. The first-order valence-corrected chi connectivity index (χ1v) is 18.9. The first-order chi connectivity index (χ1) is 27.3. The predicted octanol–water partition coefficient (Wildman–Crippen LogP) is 15.2. The van der Waals surface area contributed by atoms with Gasteiger partial charge in [0, 0.05) is 16.8 Å². The van der Waals surface area contributed by atoms with Crippen molar-refractivity contribution in [1.82, 2.24) is 0 Å². The van der Waals surface area contributed by atoms with Crippen LogP contribution < -0.4 is 4.90 Å². The summed E-state index contributed by atoms with van der Waals surface area (Å²) in [5, 5.41) is 0. The van der Waals surface area contributed by atoms with E-state index in [9.17, 15) is 0 Å². The normalized spacial score (nSPS) is 10.9. The fourth-order valence-corrected chi connectivity index (χ4v) is 7.69. The van der Waals surface area contributed by atoms with Crippen LogP contribution in [0.4, 0.5) is 17.1 Å². The summed E-state index contributed by atoms with van der Waals surface area (Å²) < 4.78 is 0. The number of benzene rings is 9. The van der Waals surface area contributed by atoms with Crippen LogP contribution in [0, 0.1) is 0 Å². The van der Waals surface area contributed by atoms with Crippen LogP contribution in [0.25, 0.3) is 66.8 Å². The average molecular weight is 702 g/mol. The van der Waals surface area contributed by atoms with Crippen LogP contribution in [0.3, 0.4) is 0 Å². The highest BCUT2D eigenvalue weighted by Gasteiger charge is 2.24. The van der Waals surface area contributed by atoms with E-state index in [1.54, 1.807) is 0 Å². The fraction of sp³-hybridized carbons (Fsp3) is 0. The van der Waals surface area contributed by atoms with E-state index in [1.807, 2.05) is 0 Å². The van der Waals surface area contributed by atoms with E-state index >= 15 is 0 Å². The number of para-hydroxylation sites is 1. The molecule has 0 spiro atoms. The Morgan fingerprint density at radius 1 is 0.218 bits per heavy atom. The molecular formula is C54H39N. The van der Waals surface area contributed by atoms with Crippen LogP contribution >= 0.6 is 0 Å². The molecule has 0 amide bonds. The molecule has 0 saturated carbocycles. The maximum atomic E-state index is 2.47. The van der Waals surface area contributed by atoms with Gasteiger partial charge < -0.3 is 4.90 Å². The highest BCUT2D eigenvalue weighted by molar-refractivity contribution is 6.02. The molecule has 0 fully saturated rings. The quantitative estimate of drug-likeness (QED) is 0.145. The Morgan fingerprint density at radius 3 is 1.24 bits per heavy atom. The molecule has 9 aromatic carbocycles. The van der Waals surface area contributed by atoms with Crippen molar-refractivity contribution < 1.29 is 0 Å². The predicted molar refractivity (Wildman–Crippen MR) is 234 cm³/mol. The van der Waals surface area contributed by atoms with Gasteiger partial charge in [0.25, 0.3) is 0 Å². The van der Waals surface area contributed by atoms with Gasteiger partial charge in [0.2, 0.25) is 0 Å². The van der Waals surface area contributed by atoms with Gasteiger partial charge in [-0.1, -0.05) is 212 Å². The van der Waals surface area contributed by atoms with Crippen LogP contribution in [0.2, 0.25) is 0 Å². The van der Waals surface area contributed by atoms with Crippen molar-refractivity contribution in [2.24, 2.45) is 0 Å². The third-order valence-electron chi connectivity index (χ3n) is 10.3. The fourth-order valence-electron chi connectivity index (χ4n) is 7.69. The molecule has 0 saturated heterocycles. The molecule has 0 radical (unpaired) electrons. The number of nitrogens with zero attached hydrogens (tertiary/aromatic N) is 1. The summed E-state index contributed by atoms with van der Waals surface area (Å²) in [6, 6.07) is 85.1. The van der Waals surface area contributed by atoms with Crippen molar-refractivity contribution >= 4 is 17.1 Å². The standard InChI is InChI=1S/C54H39N/c1-5-19-40(20-6-1)42-35-37-45(38-36-42)49-30-15-16-33-52(49)55(47-28-17-27-46(39-47)41-21-7-2-8-22-41)53-34-18-32-50(44-25-11-4-12-26-44)54(53)51-31-14-13-29-48(51)43-23-9-3-10-24-43/h1-39H. The molecule has 0 atom stereocenters. The van der Waals surface area contributed by atoms with E-state index < -0.39 is 0 Å². The average Bonchev–Trinajstić information content (AvgIpc) is 3.28. The zero-order valence-corrected chi connectivity index (χ0v) is 30.5. The molecule has 1 heteroatoms. The van der Waals surface area contributed by atoms with Crippen molar-refractivity contribution in [3.63, 3.8) is 0 Å². The molecule has 0 N–H and O–H groups in total. The minimum atomic E-state index is 1.08. The Labute approximate surface area is 324 Å². The van der Waals surface area contributed by atoms with E-state index in [0.29, 0.717) is 0 Å². The maximum absolute atomic E-state index is 2.47. The summed E-state index contributed by atoms with van der Waals surface area (Å²) in [5.74, 6) is 0. The van der Waals surface area contributed by atoms with Crippen molar-refractivity contribution in [2.75, 3.05) is 4.90 Å². The molecule has 55 heavy (non-hydrogen) atoms. The molecule has 9 aromatic rings. The summed E-state index contributed by atoms with van der Waals surface area (Å²) in [6.45, 7) is 0. The minimum Gasteiger partial charge on any atom is -0.309 e. The highest BCUT2D eigenvalue weighted by atomic mass is 15.1. The van der Waals surface area contributed by atoms with Crippen molar-refractivity contribution in [2.45, 2.75) is 0 Å². The lowest BCUT2D eigenvalue weighted by molar-refractivity contribution is 1.28. The lowest BCUT2D eigenvalue weighted by Crippen LogP contribution is -2.13. The summed E-state index contributed by atoms with van der Waals surface area (Å²) in [7, 11) is 0. The van der Waals surface area contributed by atoms with Gasteiger partial charge in [-0.25, -0.2) is 0 Å². The third kappa shape index (κ3) is 6.88. The maximum Gasteiger partial charge on any atom is 0.0546 e. The monoisotopic (exact) mass is 701 g/mol. The molecule has 9 rings (SSSR count). The van der Waals surface area contributed by atoms with Gasteiger partial charge >= 0.3 is 0 Å². The minimum absolute atomic E-state index is 1.08. The smallest absolute Gasteiger partial charge is 0.0546 e. The molecule has 0 heterocycles. The second kappa shape index (κ2) is 15.4. The number of anilines is 3. The van der Waals surface area contributed by atoms with Gasteiger partial charge in [0.1, 0.15) is 0 Å². The first-order valence-electron chi connectivity index (χ1n) is 18.9. The first kappa shape index (κ1) is 33.6. The molecular weight excluding hydrogens is 663 g/mol. The molecule has 0 unspecified atom stereocenters. The van der Waals surface area contributed by atoms with E-state index in [4.69, 9.17) is 0 Å². The third-order valence-corrected chi connectivity index (χ3v) is 10.3. The van der Waals surface area contributed by atoms with Gasteiger partial charge in [0.15, 0.2) is 0 Å². The van der Waals surface area contributed by atoms with Crippen molar-refractivity contribution in [1.29, 1.82) is 0 Å². The second-order valence-electron chi connectivity index (χ2n) is 13.7. The van der Waals surface area contributed by atoms with Gasteiger partial charge in [0.05, 0.1) is 11.4 Å². The zero-order chi connectivity index (χ0) is 36.8. The van der Waals surface area contributed by atoms with Crippen LogP contribution in [-0.4, -0.2) is 0 Å². The van der Waals surface area contributed by atoms with Gasteiger partial charge in [-0.3, -0.25) is 0 Å². The van der Waals surface area contributed by atoms with E-state index in [0.717, 1.165) is 28.2 Å². The van der Waals surface area contributed by atoms with Crippen LogP contribution in [0.15, 0.2) is 237 Å². The molecule has 0 aliphatic heterocycles. The highest BCUT2D eigenvalue weighted by Crippen LogP contribution is 2.50. The van der Waals surface area contributed by atoms with E-state index in [-0.39, 0.29) is 0 Å². The van der Waals surface area contributed by atoms with Crippen molar-refractivity contribution in [3.05, 3.63) is 237 Å². The lowest BCUT2D eigenvalue weighted by atomic mass is 9.87. The van der Waals surface area contributed by atoms with Gasteiger partial charge in [-0.15, -0.1) is 0 Å². The second-order valence-corrected chi connectivity index (χ2v) is 13.7. The van der Waals surface area contributed by atoms with E-state index in [1.165, 1.54) is 55.6 Å². The summed E-state index contributed by atoms with van der Waals surface area (Å²) in [5.41, 5.74) is 17.4. The van der Waals surface area contributed by atoms with E-state index in [2.05, 4.69) is 241 Å². The van der Waals surface area contributed by atoms with Gasteiger partial charge in [-0.2, -0.15) is 0 Å². The summed E-state index contributed by atoms with van der Waals surface area (Å²) in [4.78, 5) is 2.47. The Bertz CT molecular complexity index is 2670. The molecule has 260 valence electrons. The Morgan fingerprint density at radius 2 is 0.600 bits per heavy atom. The summed E-state index contributed by atoms with van der Waals surface area (Å²) >= 11 is 0. The Kier molecular flexibility index (Phi) is 9.41. The molecule has 0 aliphatic carbocycles. The largest absolute Gasteiger partial charge is 0.309 e. The number of hydrogen-bond acceptors (Lipinski definition) is 1. The molecule has 0 aromatic heterocycles. The molecule has 0 aliphatic rings. The zero-order valence-electron chi connectivity index (χ0n) is 30.5. The van der Waals surface area contributed by atoms with Crippen LogP contribution in [-0.2, 0) is 0 Å². The number of hydrogen-bond donors (Lipinski definition) is 0. The number of rotatable bonds is 9. The van der Waals surface area contributed by atoms with Crippen LogP contribution in [0.1, 0.15) is 0 Å². The van der Waals surface area contributed by atoms with Crippen LogP contribution in [0.5, 0.6) is 0 Å². The summed E-state index contributed by atoms with van der Waals surface area (Å²) in [6.07, 6.45) is 0. The Balaban J connectivity index is 1.32.